The van der Waals surface area contributed by atoms with Gasteiger partial charge in [0.15, 0.2) is 0 Å². The molecular formula is C23H30N4O7S. The number of amides is 2. The van der Waals surface area contributed by atoms with Crippen LogP contribution in [0.25, 0.3) is 0 Å². The van der Waals surface area contributed by atoms with Crippen LogP contribution in [-0.4, -0.2) is 62.6 Å². The van der Waals surface area contributed by atoms with Gasteiger partial charge in [0.1, 0.15) is 18.3 Å². The van der Waals surface area contributed by atoms with Gasteiger partial charge in [-0.2, -0.15) is 0 Å². The maximum Gasteiger partial charge on any atom is 0.271 e. The second-order valence-electron chi connectivity index (χ2n) is 7.89. The van der Waals surface area contributed by atoms with E-state index < -0.39 is 33.4 Å². The van der Waals surface area contributed by atoms with E-state index in [-0.39, 0.29) is 23.8 Å². The number of anilines is 1. The fourth-order valence-electron chi connectivity index (χ4n) is 3.32. The van der Waals surface area contributed by atoms with Gasteiger partial charge >= 0.3 is 0 Å². The Morgan fingerprint density at radius 1 is 1.17 bits per heavy atom. The zero-order chi connectivity index (χ0) is 26.2. The Balaban J connectivity index is 2.42. The lowest BCUT2D eigenvalue weighted by Crippen LogP contribution is -2.51. The number of sulfonamides is 1. The molecule has 2 aromatic carbocycles. The molecule has 0 aliphatic heterocycles. The molecule has 0 bridgehead atoms. The number of nitro benzene ring substituents is 1. The first-order valence-corrected chi connectivity index (χ1v) is 12.7. The van der Waals surface area contributed by atoms with Crippen LogP contribution in [0.3, 0.4) is 0 Å². The van der Waals surface area contributed by atoms with Crippen LogP contribution >= 0.6 is 0 Å². The Hall–Kier alpha value is -3.67. The predicted octanol–water partition coefficient (Wildman–Crippen LogP) is 2.31. The molecule has 1 unspecified atom stereocenters. The molecule has 0 aromatic heterocycles. The van der Waals surface area contributed by atoms with Crippen molar-refractivity contribution in [3.63, 3.8) is 0 Å². The zero-order valence-corrected chi connectivity index (χ0v) is 20.9. The van der Waals surface area contributed by atoms with Gasteiger partial charge in [-0.05, 0) is 37.1 Å². The number of ether oxygens (including phenoxy) is 1. The highest BCUT2D eigenvalue weighted by atomic mass is 32.2. The van der Waals surface area contributed by atoms with E-state index in [1.165, 1.54) is 30.2 Å². The van der Waals surface area contributed by atoms with Crippen molar-refractivity contribution >= 4 is 33.2 Å². The lowest BCUT2D eigenvalue weighted by Gasteiger charge is -2.31. The summed E-state index contributed by atoms with van der Waals surface area (Å²) in [5.41, 5.74) is 0.331. The summed E-state index contributed by atoms with van der Waals surface area (Å²) in [4.78, 5) is 37.9. The number of nitrogens with zero attached hydrogens (tertiary/aromatic N) is 3. The van der Waals surface area contributed by atoms with Gasteiger partial charge in [0.25, 0.3) is 5.69 Å². The summed E-state index contributed by atoms with van der Waals surface area (Å²) in [5, 5.41) is 13.9. The normalized spacial score (nSPS) is 11.9. The third-order valence-corrected chi connectivity index (χ3v) is 6.35. The van der Waals surface area contributed by atoms with E-state index in [0.29, 0.717) is 24.3 Å². The van der Waals surface area contributed by atoms with Gasteiger partial charge in [-0.1, -0.05) is 25.1 Å². The van der Waals surface area contributed by atoms with Crippen molar-refractivity contribution in [3.05, 3.63) is 64.2 Å². The molecular weight excluding hydrogens is 476 g/mol. The predicted molar refractivity (Wildman–Crippen MR) is 132 cm³/mol. The van der Waals surface area contributed by atoms with Crippen LogP contribution < -0.4 is 14.4 Å². The molecule has 2 aromatic rings. The molecule has 0 aliphatic rings. The minimum Gasteiger partial charge on any atom is -0.497 e. The summed E-state index contributed by atoms with van der Waals surface area (Å²) in [6.45, 7) is 3.25. The fourth-order valence-corrected chi connectivity index (χ4v) is 4.16. The molecule has 0 saturated carbocycles. The number of carbonyl (C=O) groups excluding carboxylic acids is 2. The molecule has 1 N–H and O–H groups in total. The molecule has 11 nitrogen and oxygen atoms in total. The van der Waals surface area contributed by atoms with E-state index in [1.54, 1.807) is 31.2 Å². The smallest absolute Gasteiger partial charge is 0.271 e. The molecule has 190 valence electrons. The van der Waals surface area contributed by atoms with Crippen molar-refractivity contribution < 1.29 is 27.7 Å². The van der Waals surface area contributed by atoms with E-state index in [1.807, 2.05) is 6.92 Å². The minimum absolute atomic E-state index is 0.0171. The quantitative estimate of drug-likeness (QED) is 0.344. The van der Waals surface area contributed by atoms with E-state index in [9.17, 15) is 28.1 Å². The summed E-state index contributed by atoms with van der Waals surface area (Å²) in [5.74, 6) is -0.472. The number of nitrogens with one attached hydrogen (secondary N) is 1. The molecule has 0 spiro atoms. The number of hydrogen-bond acceptors (Lipinski definition) is 7. The highest BCUT2D eigenvalue weighted by Gasteiger charge is 2.30. The maximum atomic E-state index is 13.4. The SMILES string of the molecule is CCCNC(=O)C(C)N(Cc1cccc(OC)c1)C(=O)CN(c1cccc([N+](=O)[O-])c1)S(C)(=O)=O. The van der Waals surface area contributed by atoms with Gasteiger partial charge in [0.2, 0.25) is 21.8 Å². The van der Waals surface area contributed by atoms with Crippen molar-refractivity contribution in [1.29, 1.82) is 0 Å². The molecule has 0 radical (unpaired) electrons. The second-order valence-corrected chi connectivity index (χ2v) is 9.79. The van der Waals surface area contributed by atoms with E-state index in [0.717, 1.165) is 16.6 Å². The molecule has 0 saturated heterocycles. The van der Waals surface area contributed by atoms with E-state index >= 15 is 0 Å². The Kier molecular flexibility index (Phi) is 9.58. The average Bonchev–Trinajstić information content (AvgIpc) is 2.83. The fraction of sp³-hybridized carbons (Fsp3) is 0.391. The first-order chi connectivity index (χ1) is 16.5. The van der Waals surface area contributed by atoms with Crippen LogP contribution in [0, 0.1) is 10.1 Å². The third-order valence-electron chi connectivity index (χ3n) is 5.21. The van der Waals surface area contributed by atoms with Crippen LogP contribution in [0.2, 0.25) is 0 Å². The van der Waals surface area contributed by atoms with Crippen LogP contribution in [-0.2, 0) is 26.2 Å². The van der Waals surface area contributed by atoms with Gasteiger partial charge in [-0.3, -0.25) is 24.0 Å². The van der Waals surface area contributed by atoms with Crippen LogP contribution in [0.4, 0.5) is 11.4 Å². The monoisotopic (exact) mass is 506 g/mol. The summed E-state index contributed by atoms with van der Waals surface area (Å²) in [6.07, 6.45) is 1.61. The third kappa shape index (κ3) is 7.67. The summed E-state index contributed by atoms with van der Waals surface area (Å²) >= 11 is 0. The van der Waals surface area contributed by atoms with Crippen molar-refractivity contribution in [1.82, 2.24) is 10.2 Å². The van der Waals surface area contributed by atoms with Gasteiger partial charge in [-0.25, -0.2) is 8.42 Å². The molecule has 2 amide bonds. The van der Waals surface area contributed by atoms with Crippen LogP contribution in [0.15, 0.2) is 48.5 Å². The first-order valence-electron chi connectivity index (χ1n) is 10.9. The van der Waals surface area contributed by atoms with Gasteiger partial charge in [0.05, 0.1) is 24.0 Å². The zero-order valence-electron chi connectivity index (χ0n) is 20.1. The molecule has 35 heavy (non-hydrogen) atoms. The lowest BCUT2D eigenvalue weighted by atomic mass is 10.1. The number of hydrogen-bond donors (Lipinski definition) is 1. The van der Waals surface area contributed by atoms with Crippen molar-refractivity contribution in [2.75, 3.05) is 30.8 Å². The van der Waals surface area contributed by atoms with Gasteiger partial charge < -0.3 is 15.0 Å². The summed E-state index contributed by atoms with van der Waals surface area (Å²) in [7, 11) is -2.48. The van der Waals surface area contributed by atoms with Crippen molar-refractivity contribution in [2.24, 2.45) is 0 Å². The molecule has 1 atom stereocenters. The first kappa shape index (κ1) is 27.6. The number of non-ortho nitro benzene ring substituents is 1. The van der Waals surface area contributed by atoms with Crippen molar-refractivity contribution in [2.45, 2.75) is 32.9 Å². The molecule has 0 heterocycles. The number of carbonyl (C=O) groups is 2. The minimum atomic E-state index is -3.99. The van der Waals surface area contributed by atoms with E-state index in [4.69, 9.17) is 4.74 Å². The lowest BCUT2D eigenvalue weighted by molar-refractivity contribution is -0.384. The molecule has 2 rings (SSSR count). The Morgan fingerprint density at radius 2 is 1.86 bits per heavy atom. The Bertz CT molecular complexity index is 1170. The van der Waals surface area contributed by atoms with Crippen LogP contribution in [0.1, 0.15) is 25.8 Å². The maximum absolute atomic E-state index is 13.4. The molecule has 0 fully saturated rings. The van der Waals surface area contributed by atoms with Gasteiger partial charge in [0, 0.05) is 25.2 Å². The highest BCUT2D eigenvalue weighted by molar-refractivity contribution is 7.92. The summed E-state index contributed by atoms with van der Waals surface area (Å²) < 4.78 is 31.1. The number of benzene rings is 2. The Labute approximate surface area is 204 Å². The van der Waals surface area contributed by atoms with E-state index in [2.05, 4.69) is 5.32 Å². The Morgan fingerprint density at radius 3 is 2.46 bits per heavy atom. The van der Waals surface area contributed by atoms with Crippen molar-refractivity contribution in [3.8, 4) is 5.75 Å². The standard InChI is InChI=1S/C23H30N4O7S/c1-5-12-24-23(29)17(2)25(15-18-8-6-11-21(13-18)34-3)22(28)16-26(35(4,32)33)19-9-7-10-20(14-19)27(30)31/h6-11,13-14,17H,5,12,15-16H2,1-4H3,(H,24,29). The summed E-state index contributed by atoms with van der Waals surface area (Å²) in [6, 6.07) is 11.0. The van der Waals surface area contributed by atoms with Gasteiger partial charge in [-0.15, -0.1) is 0 Å². The number of rotatable bonds is 12. The largest absolute Gasteiger partial charge is 0.497 e. The molecule has 12 heteroatoms. The molecule has 0 aliphatic carbocycles. The van der Waals surface area contributed by atoms with Crippen LogP contribution in [0.5, 0.6) is 5.75 Å². The highest BCUT2D eigenvalue weighted by Crippen LogP contribution is 2.24. The second kappa shape index (κ2) is 12.2. The average molecular weight is 507 g/mol. The number of nitro groups is 1. The topological polar surface area (TPSA) is 139 Å². The number of methoxy groups -OCH3 is 1.